The van der Waals surface area contributed by atoms with E-state index in [-0.39, 0.29) is 5.82 Å². The van der Waals surface area contributed by atoms with Gasteiger partial charge >= 0.3 is 0 Å². The molecule has 0 spiro atoms. The maximum Gasteiger partial charge on any atom is 0.187 e. The Kier molecular flexibility index (Phi) is 3.44. The van der Waals surface area contributed by atoms with Crippen LogP contribution in [0.5, 0.6) is 0 Å². The molecule has 0 bridgehead atoms. The highest BCUT2D eigenvalue weighted by atomic mass is 32.1. The average molecular weight is 278 g/mol. The second kappa shape index (κ2) is 5.22. The number of hydrogen-bond donors (Lipinski definition) is 1. The van der Waals surface area contributed by atoms with Gasteiger partial charge < -0.3 is 10.2 Å². The normalized spacial score (nSPS) is 15.6. The van der Waals surface area contributed by atoms with Gasteiger partial charge in [-0.25, -0.2) is 14.4 Å². The Morgan fingerprint density at radius 3 is 3.00 bits per heavy atom. The summed E-state index contributed by atoms with van der Waals surface area (Å²) in [7, 11) is 1.92. The van der Waals surface area contributed by atoms with Crippen LogP contribution in [0.15, 0.2) is 23.8 Å². The fourth-order valence-corrected chi connectivity index (χ4v) is 2.86. The molecule has 4 nitrogen and oxygen atoms in total. The van der Waals surface area contributed by atoms with E-state index in [1.807, 2.05) is 29.5 Å². The van der Waals surface area contributed by atoms with Crippen LogP contribution in [0, 0.1) is 5.82 Å². The predicted molar refractivity (Wildman–Crippen MR) is 74.2 cm³/mol. The van der Waals surface area contributed by atoms with Gasteiger partial charge in [-0.15, -0.1) is 11.3 Å². The van der Waals surface area contributed by atoms with Crippen LogP contribution in [-0.4, -0.2) is 36.1 Å². The van der Waals surface area contributed by atoms with Crippen LogP contribution in [0.4, 0.5) is 10.2 Å². The van der Waals surface area contributed by atoms with Gasteiger partial charge in [0, 0.05) is 30.4 Å². The standard InChI is InChI=1S/C13H15FN4S/c1-15-9-6-18(7-9)13-12(14)11(16-8-17-13)5-10-3-2-4-19-10/h2-4,8-9,15H,5-7H2,1H3. The fraction of sp³-hybridized carbons (Fsp3) is 0.385. The highest BCUT2D eigenvalue weighted by Gasteiger charge is 2.29. The monoisotopic (exact) mass is 278 g/mol. The Hall–Kier alpha value is -1.53. The molecule has 1 aliphatic heterocycles. The second-order valence-corrected chi connectivity index (χ2v) is 5.64. The molecule has 19 heavy (non-hydrogen) atoms. The molecule has 1 saturated heterocycles. The van der Waals surface area contributed by atoms with Gasteiger partial charge in [0.25, 0.3) is 0 Å². The average Bonchev–Trinajstić information content (AvgIpc) is 2.85. The summed E-state index contributed by atoms with van der Waals surface area (Å²) < 4.78 is 14.4. The third-order valence-electron chi connectivity index (χ3n) is 3.35. The van der Waals surface area contributed by atoms with Crippen LogP contribution in [0.25, 0.3) is 0 Å². The Balaban J connectivity index is 1.79. The van der Waals surface area contributed by atoms with Gasteiger partial charge in [0.2, 0.25) is 0 Å². The van der Waals surface area contributed by atoms with Crippen molar-refractivity contribution in [3.05, 3.63) is 40.2 Å². The minimum absolute atomic E-state index is 0.287. The fourth-order valence-electron chi connectivity index (χ4n) is 2.15. The minimum atomic E-state index is -0.287. The third-order valence-corrected chi connectivity index (χ3v) is 4.23. The molecule has 2 aromatic rings. The number of hydrogen-bond acceptors (Lipinski definition) is 5. The molecule has 0 aromatic carbocycles. The van der Waals surface area contributed by atoms with E-state index in [0.717, 1.165) is 18.0 Å². The maximum absolute atomic E-state index is 14.4. The Bertz CT molecular complexity index is 552. The van der Waals surface area contributed by atoms with Crippen LogP contribution < -0.4 is 10.2 Å². The van der Waals surface area contributed by atoms with Gasteiger partial charge in [0.1, 0.15) is 6.33 Å². The van der Waals surface area contributed by atoms with Crippen LogP contribution in [0.3, 0.4) is 0 Å². The summed E-state index contributed by atoms with van der Waals surface area (Å²) in [5.74, 6) is 0.138. The van der Waals surface area contributed by atoms with Crippen LogP contribution in [-0.2, 0) is 6.42 Å². The van der Waals surface area contributed by atoms with E-state index in [0.29, 0.717) is 24.0 Å². The highest BCUT2D eigenvalue weighted by Crippen LogP contribution is 2.24. The lowest BCUT2D eigenvalue weighted by atomic mass is 10.1. The molecule has 3 rings (SSSR count). The van der Waals surface area contributed by atoms with Gasteiger partial charge in [-0.1, -0.05) is 6.07 Å². The van der Waals surface area contributed by atoms with Crippen LogP contribution in [0.1, 0.15) is 10.6 Å². The first-order valence-corrected chi connectivity index (χ1v) is 7.10. The van der Waals surface area contributed by atoms with Crippen molar-refractivity contribution in [3.63, 3.8) is 0 Å². The largest absolute Gasteiger partial charge is 0.351 e. The predicted octanol–water partition coefficient (Wildman–Crippen LogP) is 1.68. The molecule has 0 amide bonds. The number of rotatable bonds is 4. The van der Waals surface area contributed by atoms with Crippen LogP contribution >= 0.6 is 11.3 Å². The van der Waals surface area contributed by atoms with Crippen molar-refractivity contribution in [2.75, 3.05) is 25.0 Å². The lowest BCUT2D eigenvalue weighted by Gasteiger charge is -2.40. The Labute approximate surface area is 115 Å². The first-order valence-electron chi connectivity index (χ1n) is 6.22. The summed E-state index contributed by atoms with van der Waals surface area (Å²) in [6.45, 7) is 1.59. The number of nitrogens with one attached hydrogen (secondary N) is 1. The van der Waals surface area contributed by atoms with E-state index in [1.54, 1.807) is 11.3 Å². The molecule has 1 aliphatic rings. The summed E-state index contributed by atoms with van der Waals surface area (Å²) in [4.78, 5) is 11.2. The molecular weight excluding hydrogens is 263 g/mol. The molecular formula is C13H15FN4S. The van der Waals surface area contributed by atoms with Gasteiger partial charge in [-0.2, -0.15) is 0 Å². The van der Waals surface area contributed by atoms with E-state index < -0.39 is 0 Å². The second-order valence-electron chi connectivity index (χ2n) is 4.60. The lowest BCUT2D eigenvalue weighted by molar-refractivity contribution is 0.437. The maximum atomic E-state index is 14.4. The van der Waals surface area contributed by atoms with E-state index in [9.17, 15) is 4.39 Å². The SMILES string of the molecule is CNC1CN(c2ncnc(Cc3cccs3)c2F)C1. The number of thiophene rings is 1. The first kappa shape index (κ1) is 12.5. The molecule has 0 radical (unpaired) electrons. The third kappa shape index (κ3) is 2.46. The van der Waals surface area contributed by atoms with Crippen molar-refractivity contribution >= 4 is 17.2 Å². The molecule has 3 heterocycles. The molecule has 1 fully saturated rings. The lowest BCUT2D eigenvalue weighted by Crippen LogP contribution is -2.57. The number of anilines is 1. The van der Waals surface area contributed by atoms with Gasteiger partial charge in [0.05, 0.1) is 5.69 Å². The zero-order valence-electron chi connectivity index (χ0n) is 10.6. The minimum Gasteiger partial charge on any atom is -0.351 e. The van der Waals surface area contributed by atoms with Gasteiger partial charge in [-0.3, -0.25) is 0 Å². The highest BCUT2D eigenvalue weighted by molar-refractivity contribution is 7.09. The van der Waals surface area contributed by atoms with Crippen molar-refractivity contribution in [1.82, 2.24) is 15.3 Å². The molecule has 100 valence electrons. The summed E-state index contributed by atoms with van der Waals surface area (Å²) in [6.07, 6.45) is 1.98. The number of aromatic nitrogens is 2. The molecule has 0 aliphatic carbocycles. The first-order chi connectivity index (χ1) is 9.28. The summed E-state index contributed by atoms with van der Waals surface area (Å²) >= 11 is 1.61. The summed E-state index contributed by atoms with van der Waals surface area (Å²) in [6, 6.07) is 4.38. The Morgan fingerprint density at radius 2 is 2.32 bits per heavy atom. The smallest absolute Gasteiger partial charge is 0.187 e. The van der Waals surface area contributed by atoms with Crippen molar-refractivity contribution in [2.24, 2.45) is 0 Å². The van der Waals surface area contributed by atoms with Crippen molar-refractivity contribution < 1.29 is 4.39 Å². The van der Waals surface area contributed by atoms with E-state index in [2.05, 4.69) is 15.3 Å². The molecule has 1 N–H and O–H groups in total. The Morgan fingerprint density at radius 1 is 1.47 bits per heavy atom. The molecule has 0 unspecified atom stereocenters. The van der Waals surface area contributed by atoms with Gasteiger partial charge in [-0.05, 0) is 18.5 Å². The van der Waals surface area contributed by atoms with E-state index in [1.165, 1.54) is 6.33 Å². The number of halogens is 1. The molecule has 0 saturated carbocycles. The quantitative estimate of drug-likeness (QED) is 0.924. The van der Waals surface area contributed by atoms with Crippen molar-refractivity contribution in [2.45, 2.75) is 12.5 Å². The summed E-state index contributed by atoms with van der Waals surface area (Å²) in [5.41, 5.74) is 0.473. The van der Waals surface area contributed by atoms with Crippen molar-refractivity contribution in [1.29, 1.82) is 0 Å². The van der Waals surface area contributed by atoms with Gasteiger partial charge in [0.15, 0.2) is 11.6 Å². The van der Waals surface area contributed by atoms with E-state index >= 15 is 0 Å². The molecule has 0 atom stereocenters. The van der Waals surface area contributed by atoms with Crippen LogP contribution in [0.2, 0.25) is 0 Å². The zero-order valence-corrected chi connectivity index (χ0v) is 11.5. The molecule has 6 heteroatoms. The van der Waals surface area contributed by atoms with Crippen molar-refractivity contribution in [3.8, 4) is 0 Å². The van der Waals surface area contributed by atoms with E-state index in [4.69, 9.17) is 0 Å². The topological polar surface area (TPSA) is 41.0 Å². The summed E-state index contributed by atoms with van der Waals surface area (Å²) in [5, 5.41) is 5.15. The number of nitrogens with zero attached hydrogens (tertiary/aromatic N) is 3. The zero-order chi connectivity index (χ0) is 13.2. The molecule has 2 aromatic heterocycles. The number of likely N-dealkylation sites (N-methyl/N-ethyl adjacent to an activating group) is 1.